The minimum atomic E-state index is 0.488. The van der Waals surface area contributed by atoms with Gasteiger partial charge < -0.3 is 9.47 Å². The maximum absolute atomic E-state index is 6.14. The molecule has 0 saturated carbocycles. The molecule has 4 rings (SSSR count). The molecule has 4 nitrogen and oxygen atoms in total. The van der Waals surface area contributed by atoms with Gasteiger partial charge in [-0.3, -0.25) is 0 Å². The second-order valence-corrected chi connectivity index (χ2v) is 7.09. The van der Waals surface area contributed by atoms with Crippen molar-refractivity contribution in [3.05, 3.63) is 71.2 Å². The molecular weight excluding hydrogens is 395 g/mol. The number of benzene rings is 2. The van der Waals surface area contributed by atoms with Crippen LogP contribution in [0.4, 0.5) is 0 Å². The molecule has 2 heterocycles. The van der Waals surface area contributed by atoms with Crippen LogP contribution in [0.25, 0.3) is 21.5 Å². The number of fused-ring (bicyclic) bond motifs is 2. The molecule has 2 aromatic heterocycles. The summed E-state index contributed by atoms with van der Waals surface area (Å²) in [5.74, 6) is 1.58. The first-order valence-electron chi connectivity index (χ1n) is 9.05. The van der Waals surface area contributed by atoms with Gasteiger partial charge in [-0.25, -0.2) is 9.97 Å². The monoisotopic (exact) mass is 412 g/mol. The summed E-state index contributed by atoms with van der Waals surface area (Å²) in [4.78, 5) is 8.21. The second kappa shape index (κ2) is 8.63. The van der Waals surface area contributed by atoms with Crippen molar-refractivity contribution in [2.24, 2.45) is 0 Å². The zero-order valence-electron chi connectivity index (χ0n) is 15.1. The number of nitrogens with zero attached hydrogens (tertiary/aromatic N) is 2. The molecule has 2 aromatic carbocycles. The van der Waals surface area contributed by atoms with Gasteiger partial charge in [0.2, 0.25) is 0 Å². The van der Waals surface area contributed by atoms with E-state index in [2.05, 4.69) is 9.97 Å². The van der Waals surface area contributed by atoms with E-state index in [1.807, 2.05) is 48.5 Å². The molecule has 142 valence electrons. The van der Waals surface area contributed by atoms with Crippen LogP contribution in [-0.2, 0) is 0 Å². The SMILES string of the molecule is Clc1nccc2ccc(OCCCCOc3ccc4ccnc(Cl)c4c3)cc12. The normalized spacial score (nSPS) is 11.1. The maximum atomic E-state index is 6.14. The van der Waals surface area contributed by atoms with E-state index in [1.54, 1.807) is 12.4 Å². The van der Waals surface area contributed by atoms with E-state index in [4.69, 9.17) is 32.7 Å². The third-order valence-corrected chi connectivity index (χ3v) is 5.06. The van der Waals surface area contributed by atoms with Crippen LogP contribution in [0.5, 0.6) is 11.5 Å². The average molecular weight is 413 g/mol. The summed E-state index contributed by atoms with van der Waals surface area (Å²) >= 11 is 12.3. The van der Waals surface area contributed by atoms with E-state index in [0.717, 1.165) is 45.9 Å². The van der Waals surface area contributed by atoms with Gasteiger partial charge in [0.05, 0.1) is 13.2 Å². The van der Waals surface area contributed by atoms with Crippen LogP contribution in [0.15, 0.2) is 60.9 Å². The first-order chi connectivity index (χ1) is 13.7. The Bertz CT molecular complexity index is 1030. The highest BCUT2D eigenvalue weighted by molar-refractivity contribution is 6.34. The predicted octanol–water partition coefficient (Wildman–Crippen LogP) is 6.33. The summed E-state index contributed by atoms with van der Waals surface area (Å²) in [6.07, 6.45) is 5.17. The van der Waals surface area contributed by atoms with Crippen LogP contribution >= 0.6 is 23.2 Å². The van der Waals surface area contributed by atoms with Crippen molar-refractivity contribution in [3.8, 4) is 11.5 Å². The molecule has 0 fully saturated rings. The summed E-state index contributed by atoms with van der Waals surface area (Å²) in [6.45, 7) is 1.22. The topological polar surface area (TPSA) is 44.2 Å². The number of pyridine rings is 2. The molecule has 0 aliphatic rings. The van der Waals surface area contributed by atoms with Gasteiger partial charge in [-0.05, 0) is 60.0 Å². The molecule has 0 radical (unpaired) electrons. The third kappa shape index (κ3) is 4.29. The molecule has 0 spiro atoms. The molecule has 0 amide bonds. The van der Waals surface area contributed by atoms with Crippen molar-refractivity contribution in [1.82, 2.24) is 9.97 Å². The van der Waals surface area contributed by atoms with Crippen LogP contribution in [-0.4, -0.2) is 23.2 Å². The number of hydrogen-bond donors (Lipinski definition) is 0. The minimum Gasteiger partial charge on any atom is -0.494 e. The predicted molar refractivity (Wildman–Crippen MR) is 114 cm³/mol. The standard InChI is InChI=1S/C22H18Cl2N2O2/c23-21-19-13-17(5-3-15(19)7-9-25-21)27-11-1-2-12-28-18-6-4-16-8-10-26-22(24)20(16)14-18/h3-10,13-14H,1-2,11-12H2. The van der Waals surface area contributed by atoms with Gasteiger partial charge in [0, 0.05) is 23.2 Å². The summed E-state index contributed by atoms with van der Waals surface area (Å²) < 4.78 is 11.7. The minimum absolute atomic E-state index is 0.488. The Balaban J connectivity index is 1.25. The number of ether oxygens (including phenoxy) is 2. The second-order valence-electron chi connectivity index (χ2n) is 6.37. The fraction of sp³-hybridized carbons (Fsp3) is 0.182. The maximum Gasteiger partial charge on any atom is 0.136 e. The van der Waals surface area contributed by atoms with Gasteiger partial charge in [0.1, 0.15) is 21.8 Å². The molecule has 6 heteroatoms. The lowest BCUT2D eigenvalue weighted by Crippen LogP contribution is -2.02. The van der Waals surface area contributed by atoms with Crippen LogP contribution in [0.1, 0.15) is 12.8 Å². The Hall–Kier alpha value is -2.56. The van der Waals surface area contributed by atoms with Gasteiger partial charge in [0.15, 0.2) is 0 Å². The average Bonchev–Trinajstić information content (AvgIpc) is 2.71. The smallest absolute Gasteiger partial charge is 0.136 e. The summed E-state index contributed by atoms with van der Waals surface area (Å²) in [5.41, 5.74) is 0. The number of aromatic nitrogens is 2. The Labute approximate surface area is 173 Å². The lowest BCUT2D eigenvalue weighted by atomic mass is 10.2. The number of rotatable bonds is 7. The summed E-state index contributed by atoms with van der Waals surface area (Å²) in [7, 11) is 0. The van der Waals surface area contributed by atoms with E-state index in [0.29, 0.717) is 23.5 Å². The molecule has 0 aliphatic carbocycles. The van der Waals surface area contributed by atoms with Crippen molar-refractivity contribution in [3.63, 3.8) is 0 Å². The van der Waals surface area contributed by atoms with E-state index in [9.17, 15) is 0 Å². The Morgan fingerprint density at radius 2 is 1.11 bits per heavy atom. The number of hydrogen-bond acceptors (Lipinski definition) is 4. The van der Waals surface area contributed by atoms with Crippen molar-refractivity contribution < 1.29 is 9.47 Å². The first-order valence-corrected chi connectivity index (χ1v) is 9.80. The van der Waals surface area contributed by atoms with Crippen molar-refractivity contribution in [2.75, 3.05) is 13.2 Å². The van der Waals surface area contributed by atoms with Gasteiger partial charge >= 0.3 is 0 Å². The number of halogens is 2. The summed E-state index contributed by atoms with van der Waals surface area (Å²) in [6, 6.07) is 15.6. The molecule has 0 bridgehead atoms. The van der Waals surface area contributed by atoms with Crippen LogP contribution < -0.4 is 9.47 Å². The largest absolute Gasteiger partial charge is 0.494 e. The molecule has 0 atom stereocenters. The van der Waals surface area contributed by atoms with Gasteiger partial charge in [-0.15, -0.1) is 0 Å². The third-order valence-electron chi connectivity index (χ3n) is 4.45. The molecule has 0 aliphatic heterocycles. The molecule has 28 heavy (non-hydrogen) atoms. The quantitative estimate of drug-likeness (QED) is 0.262. The molecule has 4 aromatic rings. The van der Waals surface area contributed by atoms with E-state index in [1.165, 1.54) is 0 Å². The molecular formula is C22H18Cl2N2O2. The summed E-state index contributed by atoms with van der Waals surface area (Å²) in [5, 5.41) is 4.87. The Kier molecular flexibility index (Phi) is 5.79. The zero-order chi connectivity index (χ0) is 19.3. The van der Waals surface area contributed by atoms with E-state index in [-0.39, 0.29) is 0 Å². The highest BCUT2D eigenvalue weighted by Gasteiger charge is 2.04. The van der Waals surface area contributed by atoms with Crippen LogP contribution in [0.2, 0.25) is 10.3 Å². The van der Waals surface area contributed by atoms with E-state index >= 15 is 0 Å². The molecule has 0 N–H and O–H groups in total. The fourth-order valence-electron chi connectivity index (χ4n) is 2.99. The van der Waals surface area contributed by atoms with Crippen molar-refractivity contribution in [2.45, 2.75) is 12.8 Å². The van der Waals surface area contributed by atoms with Gasteiger partial charge in [-0.2, -0.15) is 0 Å². The lowest BCUT2D eigenvalue weighted by Gasteiger charge is -2.09. The Morgan fingerprint density at radius 1 is 0.643 bits per heavy atom. The zero-order valence-corrected chi connectivity index (χ0v) is 16.6. The van der Waals surface area contributed by atoms with Gasteiger partial charge in [0.25, 0.3) is 0 Å². The van der Waals surface area contributed by atoms with Crippen molar-refractivity contribution >= 4 is 44.7 Å². The lowest BCUT2D eigenvalue weighted by molar-refractivity contribution is 0.267. The first kappa shape index (κ1) is 18.8. The molecule has 0 unspecified atom stereocenters. The highest BCUT2D eigenvalue weighted by atomic mass is 35.5. The van der Waals surface area contributed by atoms with E-state index < -0.39 is 0 Å². The fourth-order valence-corrected chi connectivity index (χ4v) is 3.43. The van der Waals surface area contributed by atoms with Crippen LogP contribution in [0.3, 0.4) is 0 Å². The number of unbranched alkanes of at least 4 members (excludes halogenated alkanes) is 1. The van der Waals surface area contributed by atoms with Crippen molar-refractivity contribution in [1.29, 1.82) is 0 Å². The molecule has 0 saturated heterocycles. The van der Waals surface area contributed by atoms with Crippen LogP contribution in [0, 0.1) is 0 Å². The highest BCUT2D eigenvalue weighted by Crippen LogP contribution is 2.27. The van der Waals surface area contributed by atoms with Gasteiger partial charge in [-0.1, -0.05) is 35.3 Å². The Morgan fingerprint density at radius 3 is 1.57 bits per heavy atom.